The van der Waals surface area contributed by atoms with E-state index in [0.717, 1.165) is 16.6 Å². The van der Waals surface area contributed by atoms with Crippen LogP contribution < -0.4 is 14.8 Å². The highest BCUT2D eigenvalue weighted by molar-refractivity contribution is 7.92. The average Bonchev–Trinajstić information content (AvgIpc) is 2.90. The van der Waals surface area contributed by atoms with E-state index in [9.17, 15) is 13.2 Å². The van der Waals surface area contributed by atoms with Crippen molar-refractivity contribution in [2.45, 2.75) is 13.1 Å². The van der Waals surface area contributed by atoms with Crippen molar-refractivity contribution in [2.75, 3.05) is 18.1 Å². The lowest BCUT2D eigenvalue weighted by Gasteiger charge is -2.06. The molecule has 9 nitrogen and oxygen atoms in total. The first kappa shape index (κ1) is 16.7. The molecule has 2 aromatic rings. The number of anilines is 1. The molecule has 124 valence electrons. The number of hydrogen-bond donors (Lipinski definition) is 2. The van der Waals surface area contributed by atoms with E-state index in [0.29, 0.717) is 12.3 Å². The van der Waals surface area contributed by atoms with E-state index in [1.807, 2.05) is 24.3 Å². The summed E-state index contributed by atoms with van der Waals surface area (Å²) in [5, 5.41) is 10.4. The van der Waals surface area contributed by atoms with Gasteiger partial charge in [-0.25, -0.2) is 8.42 Å². The molecular formula is C13H17N5O4S. The van der Waals surface area contributed by atoms with Crippen molar-refractivity contribution >= 4 is 21.7 Å². The minimum Gasteiger partial charge on any atom is -0.497 e. The van der Waals surface area contributed by atoms with Crippen molar-refractivity contribution in [3.8, 4) is 5.75 Å². The van der Waals surface area contributed by atoms with Gasteiger partial charge in [0.05, 0.1) is 19.6 Å². The quantitative estimate of drug-likeness (QED) is 0.732. The Hall–Kier alpha value is -2.62. The second-order valence-electron chi connectivity index (χ2n) is 4.76. The summed E-state index contributed by atoms with van der Waals surface area (Å²) in [5.41, 5.74) is 0.894. The number of methoxy groups -OCH3 is 1. The molecule has 0 bridgehead atoms. The molecule has 1 aromatic heterocycles. The first-order chi connectivity index (χ1) is 10.9. The molecule has 1 amide bonds. The molecule has 2 rings (SSSR count). The molecule has 0 spiro atoms. The summed E-state index contributed by atoms with van der Waals surface area (Å²) in [6.07, 6.45) is 2.24. The molecular weight excluding hydrogens is 322 g/mol. The van der Waals surface area contributed by atoms with Gasteiger partial charge in [0.1, 0.15) is 12.3 Å². The zero-order chi connectivity index (χ0) is 16.9. The van der Waals surface area contributed by atoms with Gasteiger partial charge in [-0.2, -0.15) is 9.90 Å². The Morgan fingerprint density at radius 1 is 1.39 bits per heavy atom. The van der Waals surface area contributed by atoms with E-state index in [-0.39, 0.29) is 18.3 Å². The zero-order valence-electron chi connectivity index (χ0n) is 12.7. The van der Waals surface area contributed by atoms with Gasteiger partial charge in [0.25, 0.3) is 0 Å². The summed E-state index contributed by atoms with van der Waals surface area (Å²) in [6.45, 7) is 0.223. The summed E-state index contributed by atoms with van der Waals surface area (Å²) in [7, 11) is -1.85. The SMILES string of the molecule is COc1cccc(CNC(=O)Cn2ncc(NS(C)(=O)=O)n2)c1. The molecule has 0 saturated carbocycles. The van der Waals surface area contributed by atoms with Crippen molar-refractivity contribution in [3.05, 3.63) is 36.0 Å². The predicted octanol–water partition coefficient (Wildman–Crippen LogP) is -0.0254. The fraction of sp³-hybridized carbons (Fsp3) is 0.308. The number of aromatic nitrogens is 3. The lowest BCUT2D eigenvalue weighted by atomic mass is 10.2. The molecule has 23 heavy (non-hydrogen) atoms. The fourth-order valence-corrected chi connectivity index (χ4v) is 2.25. The Morgan fingerprint density at radius 2 is 2.17 bits per heavy atom. The van der Waals surface area contributed by atoms with E-state index in [1.165, 1.54) is 6.20 Å². The smallest absolute Gasteiger partial charge is 0.243 e. The summed E-state index contributed by atoms with van der Waals surface area (Å²) in [6, 6.07) is 7.33. The standard InChI is InChI=1S/C13H17N5O4S/c1-22-11-5-3-4-10(6-11)7-14-13(19)9-18-15-8-12(16-18)17-23(2,20)21/h3-6,8H,7,9H2,1-2H3,(H,14,19)(H,16,17). The first-order valence-corrected chi connectivity index (χ1v) is 8.52. The lowest BCUT2D eigenvalue weighted by molar-refractivity contribution is -0.122. The molecule has 10 heteroatoms. The Morgan fingerprint density at radius 3 is 2.87 bits per heavy atom. The Kier molecular flexibility index (Phi) is 5.16. The lowest BCUT2D eigenvalue weighted by Crippen LogP contribution is -2.28. The number of rotatable bonds is 7. The molecule has 0 atom stereocenters. The van der Waals surface area contributed by atoms with E-state index < -0.39 is 10.0 Å². The number of nitrogens with zero attached hydrogens (tertiary/aromatic N) is 3. The van der Waals surface area contributed by atoms with Gasteiger partial charge in [-0.05, 0) is 17.7 Å². The third-order valence-corrected chi connectivity index (χ3v) is 3.32. The third-order valence-electron chi connectivity index (χ3n) is 2.74. The van der Waals surface area contributed by atoms with Crippen molar-refractivity contribution < 1.29 is 17.9 Å². The van der Waals surface area contributed by atoms with Crippen molar-refractivity contribution in [1.29, 1.82) is 0 Å². The molecule has 0 saturated heterocycles. The normalized spacial score (nSPS) is 11.0. The second kappa shape index (κ2) is 7.09. The Bertz CT molecular complexity index is 787. The zero-order valence-corrected chi connectivity index (χ0v) is 13.5. The number of carbonyl (C=O) groups is 1. The minimum atomic E-state index is -3.42. The number of nitrogens with one attached hydrogen (secondary N) is 2. The van der Waals surface area contributed by atoms with Crippen molar-refractivity contribution in [3.63, 3.8) is 0 Å². The van der Waals surface area contributed by atoms with Crippen LogP contribution in [0.4, 0.5) is 5.82 Å². The Balaban J connectivity index is 1.87. The molecule has 0 aliphatic heterocycles. The number of benzene rings is 1. The van der Waals surface area contributed by atoms with Crippen LogP contribution in [-0.4, -0.2) is 42.7 Å². The van der Waals surface area contributed by atoms with Crippen LogP contribution >= 0.6 is 0 Å². The number of hydrogen-bond acceptors (Lipinski definition) is 6. The largest absolute Gasteiger partial charge is 0.497 e. The van der Waals surface area contributed by atoms with Gasteiger partial charge in [-0.3, -0.25) is 9.52 Å². The van der Waals surface area contributed by atoms with Crippen LogP contribution in [0, 0.1) is 0 Å². The third kappa shape index (κ3) is 5.58. The van der Waals surface area contributed by atoms with Crippen molar-refractivity contribution in [1.82, 2.24) is 20.3 Å². The highest BCUT2D eigenvalue weighted by Crippen LogP contribution is 2.12. The van der Waals surface area contributed by atoms with E-state index in [2.05, 4.69) is 20.2 Å². The molecule has 0 unspecified atom stereocenters. The van der Waals surface area contributed by atoms with Gasteiger partial charge in [0.2, 0.25) is 15.9 Å². The Labute approximate surface area is 133 Å². The molecule has 1 aromatic carbocycles. The van der Waals surface area contributed by atoms with Crippen LogP contribution in [0.15, 0.2) is 30.5 Å². The fourth-order valence-electron chi connectivity index (χ4n) is 1.78. The van der Waals surface area contributed by atoms with Gasteiger partial charge in [0, 0.05) is 6.54 Å². The monoisotopic (exact) mass is 339 g/mol. The molecule has 0 aliphatic carbocycles. The highest BCUT2D eigenvalue weighted by Gasteiger charge is 2.09. The van der Waals surface area contributed by atoms with E-state index >= 15 is 0 Å². The molecule has 2 N–H and O–H groups in total. The highest BCUT2D eigenvalue weighted by atomic mass is 32.2. The maximum Gasteiger partial charge on any atom is 0.243 e. The van der Waals surface area contributed by atoms with Gasteiger partial charge in [-0.1, -0.05) is 12.1 Å². The summed E-state index contributed by atoms with van der Waals surface area (Å²) in [4.78, 5) is 13.0. The maximum absolute atomic E-state index is 11.9. The van der Waals surface area contributed by atoms with Crippen LogP contribution in [0.25, 0.3) is 0 Å². The molecule has 0 fully saturated rings. The number of sulfonamides is 1. The van der Waals surface area contributed by atoms with E-state index in [1.54, 1.807) is 7.11 Å². The van der Waals surface area contributed by atoms with Gasteiger partial charge in [0.15, 0.2) is 5.82 Å². The van der Waals surface area contributed by atoms with Gasteiger partial charge < -0.3 is 10.1 Å². The summed E-state index contributed by atoms with van der Waals surface area (Å²) in [5.74, 6) is 0.476. The van der Waals surface area contributed by atoms with Crippen LogP contribution in [-0.2, 0) is 27.9 Å². The molecule has 0 radical (unpaired) electrons. The molecule has 0 aliphatic rings. The summed E-state index contributed by atoms with van der Waals surface area (Å²) >= 11 is 0. The van der Waals surface area contributed by atoms with Crippen molar-refractivity contribution in [2.24, 2.45) is 0 Å². The van der Waals surface area contributed by atoms with Gasteiger partial charge in [-0.15, -0.1) is 5.10 Å². The number of ether oxygens (including phenoxy) is 1. The number of carbonyl (C=O) groups excluding carboxylic acids is 1. The second-order valence-corrected chi connectivity index (χ2v) is 6.51. The van der Waals surface area contributed by atoms with Crippen LogP contribution in [0.3, 0.4) is 0 Å². The van der Waals surface area contributed by atoms with Crippen LogP contribution in [0.1, 0.15) is 5.56 Å². The average molecular weight is 339 g/mol. The first-order valence-electron chi connectivity index (χ1n) is 6.63. The molecule has 1 heterocycles. The predicted molar refractivity (Wildman–Crippen MR) is 83.3 cm³/mol. The van der Waals surface area contributed by atoms with Crippen LogP contribution in [0.2, 0.25) is 0 Å². The van der Waals surface area contributed by atoms with Gasteiger partial charge >= 0.3 is 0 Å². The number of amides is 1. The topological polar surface area (TPSA) is 115 Å². The van der Waals surface area contributed by atoms with Crippen LogP contribution in [0.5, 0.6) is 5.75 Å². The maximum atomic E-state index is 11.9. The summed E-state index contributed by atoms with van der Waals surface area (Å²) < 4.78 is 29.4. The minimum absolute atomic E-state index is 0.0631. The van der Waals surface area contributed by atoms with E-state index in [4.69, 9.17) is 4.74 Å².